The topological polar surface area (TPSA) is 66.5 Å². The molecule has 1 aliphatic rings. The molecule has 1 amide bonds. The number of amides is 1. The van der Waals surface area contributed by atoms with Gasteiger partial charge in [0.1, 0.15) is 6.10 Å². The third kappa shape index (κ3) is 4.06. The van der Waals surface area contributed by atoms with E-state index in [0.29, 0.717) is 13.2 Å². The maximum Gasteiger partial charge on any atom is 0.254 e. The number of likely N-dealkylation sites (N-methyl/N-ethyl adjacent to an activating group) is 1. The SMILES string of the molecule is CN1CCO[C@H](C(=O)Nc2ccccc2Nc2ccncc2)C1. The molecule has 2 heterocycles. The number of hydrogen-bond donors (Lipinski definition) is 2. The highest BCUT2D eigenvalue weighted by atomic mass is 16.5. The number of hydrogen-bond acceptors (Lipinski definition) is 5. The van der Waals surface area contributed by atoms with Crippen molar-refractivity contribution >= 4 is 23.0 Å². The van der Waals surface area contributed by atoms with Crippen LogP contribution in [0.2, 0.25) is 0 Å². The third-order valence-electron chi connectivity index (χ3n) is 3.71. The standard InChI is InChI=1S/C17H20N4O2/c1-21-10-11-23-16(12-21)17(22)20-15-5-3-2-4-14(15)19-13-6-8-18-9-7-13/h2-9,16H,10-12H2,1H3,(H,18,19)(H,20,22)/t16-/m0/s1. The zero-order chi connectivity index (χ0) is 16.1. The number of aromatic nitrogens is 1. The van der Waals surface area contributed by atoms with Gasteiger partial charge in [-0.1, -0.05) is 12.1 Å². The zero-order valence-electron chi connectivity index (χ0n) is 13.0. The van der Waals surface area contributed by atoms with Gasteiger partial charge in [0, 0.05) is 31.2 Å². The molecule has 23 heavy (non-hydrogen) atoms. The number of nitrogens with zero attached hydrogens (tertiary/aromatic N) is 2. The molecule has 0 radical (unpaired) electrons. The summed E-state index contributed by atoms with van der Waals surface area (Å²) in [4.78, 5) is 18.5. The Balaban J connectivity index is 1.71. The summed E-state index contributed by atoms with van der Waals surface area (Å²) in [5, 5.41) is 6.24. The Hall–Kier alpha value is -2.44. The van der Waals surface area contributed by atoms with Gasteiger partial charge in [-0.05, 0) is 31.3 Å². The van der Waals surface area contributed by atoms with Gasteiger partial charge in [-0.15, -0.1) is 0 Å². The molecule has 0 bridgehead atoms. The van der Waals surface area contributed by atoms with Crippen molar-refractivity contribution in [2.24, 2.45) is 0 Å². The third-order valence-corrected chi connectivity index (χ3v) is 3.71. The lowest BCUT2D eigenvalue weighted by atomic mass is 10.2. The molecule has 6 nitrogen and oxygen atoms in total. The summed E-state index contributed by atoms with van der Waals surface area (Å²) in [5.74, 6) is -0.125. The van der Waals surface area contributed by atoms with E-state index in [4.69, 9.17) is 4.74 Å². The molecule has 0 aliphatic carbocycles. The van der Waals surface area contributed by atoms with Crippen LogP contribution >= 0.6 is 0 Å². The molecule has 1 saturated heterocycles. The second-order valence-corrected chi connectivity index (χ2v) is 5.52. The van der Waals surface area contributed by atoms with E-state index in [1.54, 1.807) is 12.4 Å². The maximum atomic E-state index is 12.4. The lowest BCUT2D eigenvalue weighted by Crippen LogP contribution is -2.46. The minimum absolute atomic E-state index is 0.125. The Kier molecular flexibility index (Phi) is 4.85. The number of para-hydroxylation sites is 2. The van der Waals surface area contributed by atoms with Gasteiger partial charge in [-0.25, -0.2) is 0 Å². The summed E-state index contributed by atoms with van der Waals surface area (Å²) in [6, 6.07) is 11.3. The fourth-order valence-electron chi connectivity index (χ4n) is 2.44. The van der Waals surface area contributed by atoms with Gasteiger partial charge in [0.25, 0.3) is 5.91 Å². The summed E-state index contributed by atoms with van der Waals surface area (Å²) in [6.45, 7) is 2.03. The number of carbonyl (C=O) groups is 1. The van der Waals surface area contributed by atoms with E-state index in [2.05, 4.69) is 20.5 Å². The molecule has 1 fully saturated rings. The summed E-state index contributed by atoms with van der Waals surface area (Å²) in [6.07, 6.45) is 2.99. The van der Waals surface area contributed by atoms with Gasteiger partial charge in [-0.3, -0.25) is 9.78 Å². The van der Waals surface area contributed by atoms with Crippen LogP contribution in [-0.4, -0.2) is 48.6 Å². The average molecular weight is 312 g/mol. The van der Waals surface area contributed by atoms with Crippen LogP contribution in [0, 0.1) is 0 Å². The molecule has 0 unspecified atom stereocenters. The number of rotatable bonds is 4. The maximum absolute atomic E-state index is 12.4. The Morgan fingerprint density at radius 2 is 1.96 bits per heavy atom. The molecule has 1 aromatic carbocycles. The van der Waals surface area contributed by atoms with E-state index in [-0.39, 0.29) is 5.91 Å². The van der Waals surface area contributed by atoms with Crippen LogP contribution in [-0.2, 0) is 9.53 Å². The van der Waals surface area contributed by atoms with Crippen molar-refractivity contribution in [1.82, 2.24) is 9.88 Å². The fourth-order valence-corrected chi connectivity index (χ4v) is 2.44. The first-order valence-electron chi connectivity index (χ1n) is 7.59. The minimum atomic E-state index is -0.442. The summed E-state index contributed by atoms with van der Waals surface area (Å²) in [5.41, 5.74) is 2.47. The van der Waals surface area contributed by atoms with E-state index >= 15 is 0 Å². The van der Waals surface area contributed by atoms with Gasteiger partial charge in [-0.2, -0.15) is 0 Å². The fraction of sp³-hybridized carbons (Fsp3) is 0.294. The van der Waals surface area contributed by atoms with Crippen molar-refractivity contribution in [3.8, 4) is 0 Å². The molecule has 3 rings (SSSR count). The Labute approximate surface area is 135 Å². The molecule has 1 atom stereocenters. The Morgan fingerprint density at radius 1 is 1.22 bits per heavy atom. The summed E-state index contributed by atoms with van der Waals surface area (Å²) in [7, 11) is 1.99. The van der Waals surface area contributed by atoms with Crippen molar-refractivity contribution in [1.29, 1.82) is 0 Å². The second kappa shape index (κ2) is 7.21. The van der Waals surface area contributed by atoms with Gasteiger partial charge >= 0.3 is 0 Å². The number of ether oxygens (including phenoxy) is 1. The number of benzene rings is 1. The normalized spacial score (nSPS) is 18.4. The Bertz CT molecular complexity index is 663. The Morgan fingerprint density at radius 3 is 2.70 bits per heavy atom. The van der Waals surface area contributed by atoms with Crippen molar-refractivity contribution in [3.63, 3.8) is 0 Å². The van der Waals surface area contributed by atoms with Crippen LogP contribution in [0.4, 0.5) is 17.1 Å². The van der Waals surface area contributed by atoms with Gasteiger partial charge in [0.15, 0.2) is 0 Å². The summed E-state index contributed by atoms with van der Waals surface area (Å²) < 4.78 is 5.56. The molecule has 120 valence electrons. The van der Waals surface area contributed by atoms with Crippen LogP contribution in [0.3, 0.4) is 0 Å². The number of morpholine rings is 1. The van der Waals surface area contributed by atoms with Crippen molar-refractivity contribution < 1.29 is 9.53 Å². The van der Waals surface area contributed by atoms with Crippen molar-refractivity contribution in [2.45, 2.75) is 6.10 Å². The quantitative estimate of drug-likeness (QED) is 0.905. The van der Waals surface area contributed by atoms with Crippen LogP contribution in [0.1, 0.15) is 0 Å². The highest BCUT2D eigenvalue weighted by Gasteiger charge is 2.25. The van der Waals surface area contributed by atoms with Gasteiger partial charge in [0.2, 0.25) is 0 Å². The van der Waals surface area contributed by atoms with E-state index in [1.807, 2.05) is 43.4 Å². The van der Waals surface area contributed by atoms with Crippen molar-refractivity contribution in [3.05, 3.63) is 48.8 Å². The molecular formula is C17H20N4O2. The highest BCUT2D eigenvalue weighted by Crippen LogP contribution is 2.25. The van der Waals surface area contributed by atoms with Crippen molar-refractivity contribution in [2.75, 3.05) is 37.4 Å². The molecule has 2 N–H and O–H groups in total. The highest BCUT2D eigenvalue weighted by molar-refractivity contribution is 5.97. The zero-order valence-corrected chi connectivity index (χ0v) is 13.0. The second-order valence-electron chi connectivity index (χ2n) is 5.52. The smallest absolute Gasteiger partial charge is 0.254 e. The van der Waals surface area contributed by atoms with E-state index in [9.17, 15) is 4.79 Å². The van der Waals surface area contributed by atoms with Gasteiger partial charge in [0.05, 0.1) is 18.0 Å². The van der Waals surface area contributed by atoms with Crippen LogP contribution in [0.15, 0.2) is 48.8 Å². The largest absolute Gasteiger partial charge is 0.366 e. The first-order chi connectivity index (χ1) is 11.2. The number of nitrogens with one attached hydrogen (secondary N) is 2. The first kappa shape index (κ1) is 15.5. The molecule has 1 aromatic heterocycles. The molecule has 6 heteroatoms. The molecule has 0 spiro atoms. The monoisotopic (exact) mass is 312 g/mol. The van der Waals surface area contributed by atoms with Crippen LogP contribution in [0.5, 0.6) is 0 Å². The molecule has 1 aliphatic heterocycles. The minimum Gasteiger partial charge on any atom is -0.366 e. The predicted octanol–water partition coefficient (Wildman–Crippen LogP) is 2.09. The van der Waals surface area contributed by atoms with E-state index in [0.717, 1.165) is 23.6 Å². The lowest BCUT2D eigenvalue weighted by molar-refractivity contribution is -0.132. The van der Waals surface area contributed by atoms with Crippen LogP contribution in [0.25, 0.3) is 0 Å². The summed E-state index contributed by atoms with van der Waals surface area (Å²) >= 11 is 0. The average Bonchev–Trinajstić information content (AvgIpc) is 2.57. The van der Waals surface area contributed by atoms with E-state index < -0.39 is 6.10 Å². The molecule has 0 saturated carbocycles. The molecular weight excluding hydrogens is 292 g/mol. The van der Waals surface area contributed by atoms with E-state index in [1.165, 1.54) is 0 Å². The molecule has 2 aromatic rings. The first-order valence-corrected chi connectivity index (χ1v) is 7.59. The number of carbonyl (C=O) groups excluding carboxylic acids is 1. The van der Waals surface area contributed by atoms with Crippen LogP contribution < -0.4 is 10.6 Å². The van der Waals surface area contributed by atoms with Gasteiger partial charge < -0.3 is 20.3 Å². The lowest BCUT2D eigenvalue weighted by Gasteiger charge is -2.29. The number of pyridine rings is 1. The number of anilines is 3. The predicted molar refractivity (Wildman–Crippen MR) is 89.8 cm³/mol.